The van der Waals surface area contributed by atoms with Gasteiger partial charge < -0.3 is 9.88 Å². The zero-order chi connectivity index (χ0) is 22.6. The Balaban J connectivity index is 1.14. The molecule has 0 amide bonds. The molecule has 0 bridgehead atoms. The molecule has 3 heterocycles. The number of fused-ring (bicyclic) bond motifs is 1. The van der Waals surface area contributed by atoms with Gasteiger partial charge in [0.2, 0.25) is 0 Å². The van der Waals surface area contributed by atoms with Crippen LogP contribution < -0.4 is 0 Å². The van der Waals surface area contributed by atoms with Crippen LogP contribution in [0, 0.1) is 0 Å². The van der Waals surface area contributed by atoms with E-state index in [9.17, 15) is 0 Å². The third-order valence-electron chi connectivity index (χ3n) is 6.73. The molecule has 1 aliphatic heterocycles. The molecule has 2 atom stereocenters. The van der Waals surface area contributed by atoms with Crippen LogP contribution in [0.4, 0.5) is 4.39 Å². The average Bonchev–Trinajstić information content (AvgIpc) is 3.51. The fraction of sp³-hybridized carbons (Fsp3) is 0.385. The Labute approximate surface area is 194 Å². The van der Waals surface area contributed by atoms with E-state index < -0.39 is 6.17 Å². The van der Waals surface area contributed by atoms with Gasteiger partial charge in [-0.1, -0.05) is 37.3 Å². The molecule has 1 saturated heterocycles. The summed E-state index contributed by atoms with van der Waals surface area (Å²) in [4.78, 5) is 8.06. The first-order valence-electron chi connectivity index (χ1n) is 11.7. The zero-order valence-electron chi connectivity index (χ0n) is 19.1. The van der Waals surface area contributed by atoms with E-state index >= 15 is 4.39 Å². The standard InChI is InChI=1S/C26H31FN6/c1-20(21-5-3-2-4-6-21)16-31-9-11-32(12-10-31)17-23(27)13-22-15-28-26-8-7-24(14-25(22)26)33-18-29-30-19-33/h2-8,14-15,18-20,23,28H,9-13,16-17H2,1H3/t20-,23+/m0/s1. The summed E-state index contributed by atoms with van der Waals surface area (Å²) in [5.41, 5.74) is 4.40. The van der Waals surface area contributed by atoms with Gasteiger partial charge in [-0.05, 0) is 35.2 Å². The summed E-state index contributed by atoms with van der Waals surface area (Å²) in [7, 11) is 0. The Morgan fingerprint density at radius 2 is 1.64 bits per heavy atom. The van der Waals surface area contributed by atoms with Gasteiger partial charge in [-0.3, -0.25) is 9.47 Å². The second-order valence-electron chi connectivity index (χ2n) is 9.13. The lowest BCUT2D eigenvalue weighted by atomic mass is 10.0. The van der Waals surface area contributed by atoms with E-state index in [2.05, 4.69) is 68.3 Å². The number of hydrogen-bond acceptors (Lipinski definition) is 4. The summed E-state index contributed by atoms with van der Waals surface area (Å²) >= 11 is 0. The van der Waals surface area contributed by atoms with E-state index in [-0.39, 0.29) is 0 Å². The predicted molar refractivity (Wildman–Crippen MR) is 130 cm³/mol. The summed E-state index contributed by atoms with van der Waals surface area (Å²) in [6, 6.07) is 16.8. The summed E-state index contributed by atoms with van der Waals surface area (Å²) in [5, 5.41) is 8.81. The molecule has 33 heavy (non-hydrogen) atoms. The Kier molecular flexibility index (Phi) is 6.51. The maximum absolute atomic E-state index is 15.1. The number of nitrogens with zero attached hydrogens (tertiary/aromatic N) is 5. The van der Waals surface area contributed by atoms with Crippen molar-refractivity contribution < 1.29 is 4.39 Å². The third-order valence-corrected chi connectivity index (χ3v) is 6.73. The molecule has 7 heteroatoms. The number of aromatic nitrogens is 4. The van der Waals surface area contributed by atoms with Crippen LogP contribution >= 0.6 is 0 Å². The number of alkyl halides is 1. The number of H-pyrrole nitrogens is 1. The Bertz CT molecular complexity index is 1150. The molecule has 6 nitrogen and oxygen atoms in total. The molecule has 0 saturated carbocycles. The van der Waals surface area contributed by atoms with E-state index in [4.69, 9.17) is 0 Å². The number of rotatable bonds is 8. The van der Waals surface area contributed by atoms with E-state index in [0.29, 0.717) is 18.9 Å². The van der Waals surface area contributed by atoms with Crippen LogP contribution in [-0.2, 0) is 6.42 Å². The maximum atomic E-state index is 15.1. The number of halogens is 1. The van der Waals surface area contributed by atoms with Crippen LogP contribution in [-0.4, -0.2) is 75.0 Å². The van der Waals surface area contributed by atoms with Gasteiger partial charge in [-0.25, -0.2) is 4.39 Å². The first-order valence-corrected chi connectivity index (χ1v) is 11.7. The van der Waals surface area contributed by atoms with E-state index in [1.807, 2.05) is 22.9 Å². The lowest BCUT2D eigenvalue weighted by molar-refractivity contribution is 0.104. The minimum atomic E-state index is -0.891. The predicted octanol–water partition coefficient (Wildman–Crippen LogP) is 4.05. The largest absolute Gasteiger partial charge is 0.361 e. The molecule has 0 aliphatic carbocycles. The second-order valence-corrected chi connectivity index (χ2v) is 9.13. The van der Waals surface area contributed by atoms with Gasteiger partial charge in [0, 0.05) is 68.5 Å². The van der Waals surface area contributed by atoms with Crippen LogP contribution in [0.25, 0.3) is 16.6 Å². The number of benzene rings is 2. The quantitative estimate of drug-likeness (QED) is 0.444. The summed E-state index contributed by atoms with van der Waals surface area (Å²) < 4.78 is 16.9. The van der Waals surface area contributed by atoms with Gasteiger partial charge in [0.25, 0.3) is 0 Å². The summed E-state index contributed by atoms with van der Waals surface area (Å²) in [6.07, 6.45) is 4.81. The van der Waals surface area contributed by atoms with E-state index in [1.165, 1.54) is 5.56 Å². The summed E-state index contributed by atoms with van der Waals surface area (Å²) in [5.74, 6) is 0.511. The van der Waals surface area contributed by atoms with Crippen molar-refractivity contribution in [1.82, 2.24) is 29.5 Å². The van der Waals surface area contributed by atoms with Crippen molar-refractivity contribution in [3.8, 4) is 5.69 Å². The van der Waals surface area contributed by atoms with Crippen molar-refractivity contribution in [2.75, 3.05) is 39.3 Å². The lowest BCUT2D eigenvalue weighted by Gasteiger charge is -2.36. The van der Waals surface area contributed by atoms with Crippen molar-refractivity contribution in [3.05, 3.63) is 78.5 Å². The van der Waals surface area contributed by atoms with Gasteiger partial charge in [-0.15, -0.1) is 10.2 Å². The van der Waals surface area contributed by atoms with Crippen LogP contribution in [0.2, 0.25) is 0 Å². The highest BCUT2D eigenvalue weighted by molar-refractivity contribution is 5.85. The number of nitrogens with one attached hydrogen (secondary N) is 1. The first-order chi connectivity index (χ1) is 16.2. The van der Waals surface area contributed by atoms with E-state index in [1.54, 1.807) is 12.7 Å². The van der Waals surface area contributed by atoms with Crippen molar-refractivity contribution in [2.45, 2.75) is 25.4 Å². The van der Waals surface area contributed by atoms with Crippen LogP contribution in [0.5, 0.6) is 0 Å². The minimum absolute atomic E-state index is 0.414. The lowest BCUT2D eigenvalue weighted by Crippen LogP contribution is -2.49. The number of hydrogen-bond donors (Lipinski definition) is 1. The van der Waals surface area contributed by atoms with Crippen LogP contribution in [0.15, 0.2) is 67.4 Å². The molecule has 2 aromatic heterocycles. The molecular weight excluding hydrogens is 415 g/mol. The van der Waals surface area contributed by atoms with Gasteiger partial charge in [0.15, 0.2) is 0 Å². The number of aromatic amines is 1. The molecule has 0 radical (unpaired) electrons. The van der Waals surface area contributed by atoms with Gasteiger partial charge in [0.1, 0.15) is 18.8 Å². The Morgan fingerprint density at radius 1 is 0.939 bits per heavy atom. The average molecular weight is 447 g/mol. The SMILES string of the molecule is C[C@@H](CN1CCN(C[C@H](F)Cc2c[nH]c3ccc(-n4cnnc4)cc23)CC1)c1ccccc1. The highest BCUT2D eigenvalue weighted by atomic mass is 19.1. The fourth-order valence-electron chi connectivity index (χ4n) is 4.84. The molecule has 1 aliphatic rings. The third kappa shape index (κ3) is 5.15. The molecule has 2 aromatic carbocycles. The monoisotopic (exact) mass is 446 g/mol. The molecule has 4 aromatic rings. The zero-order valence-corrected chi connectivity index (χ0v) is 19.1. The van der Waals surface area contributed by atoms with Crippen LogP contribution in [0.1, 0.15) is 24.0 Å². The van der Waals surface area contributed by atoms with Crippen LogP contribution in [0.3, 0.4) is 0 Å². The van der Waals surface area contributed by atoms with Crippen molar-refractivity contribution in [2.24, 2.45) is 0 Å². The van der Waals surface area contributed by atoms with Crippen molar-refractivity contribution >= 4 is 10.9 Å². The molecule has 0 spiro atoms. The topological polar surface area (TPSA) is 53.0 Å². The summed E-state index contributed by atoms with van der Waals surface area (Å²) in [6.45, 7) is 7.68. The molecule has 0 unspecified atom stereocenters. The molecule has 5 rings (SSSR count). The first kappa shape index (κ1) is 21.8. The molecule has 172 valence electrons. The second kappa shape index (κ2) is 9.85. The number of piperazine rings is 1. The minimum Gasteiger partial charge on any atom is -0.361 e. The van der Waals surface area contributed by atoms with E-state index in [0.717, 1.165) is 54.9 Å². The maximum Gasteiger partial charge on any atom is 0.123 e. The molecule has 1 N–H and O–H groups in total. The fourth-order valence-corrected chi connectivity index (χ4v) is 4.84. The highest BCUT2D eigenvalue weighted by Gasteiger charge is 2.22. The van der Waals surface area contributed by atoms with Gasteiger partial charge in [0.05, 0.1) is 0 Å². The molecular formula is C26H31FN6. The van der Waals surface area contributed by atoms with Gasteiger partial charge in [-0.2, -0.15) is 0 Å². The van der Waals surface area contributed by atoms with Gasteiger partial charge >= 0.3 is 0 Å². The Morgan fingerprint density at radius 3 is 2.36 bits per heavy atom. The van der Waals surface area contributed by atoms with Crippen molar-refractivity contribution in [1.29, 1.82) is 0 Å². The Hall–Kier alpha value is -3.03. The highest BCUT2D eigenvalue weighted by Crippen LogP contribution is 2.24. The normalized spacial score (nSPS) is 17.4. The smallest absolute Gasteiger partial charge is 0.123 e. The molecule has 1 fully saturated rings. The van der Waals surface area contributed by atoms with Crippen molar-refractivity contribution in [3.63, 3.8) is 0 Å².